The Hall–Kier alpha value is -2.80. The van der Waals surface area contributed by atoms with E-state index in [2.05, 4.69) is 25.4 Å². The highest BCUT2D eigenvalue weighted by Gasteiger charge is 2.42. The number of piperidine rings is 1. The highest BCUT2D eigenvalue weighted by atomic mass is 32.1. The van der Waals surface area contributed by atoms with E-state index in [4.69, 9.17) is 14.6 Å². The number of hydrogen-bond donors (Lipinski definition) is 2. The number of fused-ring (bicyclic) bond motifs is 1. The summed E-state index contributed by atoms with van der Waals surface area (Å²) >= 11 is 1.60. The van der Waals surface area contributed by atoms with Crippen LogP contribution in [-0.2, 0) is 20.9 Å². The molecule has 3 atom stereocenters. The molecule has 13 heteroatoms. The number of carboxylic acid groups (broad SMARTS) is 1. The number of anilines is 1. The second kappa shape index (κ2) is 10.2. The highest BCUT2D eigenvalue weighted by molar-refractivity contribution is 7.15. The Morgan fingerprint density at radius 1 is 1.34 bits per heavy atom. The van der Waals surface area contributed by atoms with Crippen molar-refractivity contribution >= 4 is 28.3 Å². The second-order valence-corrected chi connectivity index (χ2v) is 8.50. The molecule has 2 aliphatic heterocycles. The van der Waals surface area contributed by atoms with Crippen LogP contribution in [0.15, 0.2) is 24.4 Å². The van der Waals surface area contributed by atoms with Crippen molar-refractivity contribution in [2.45, 2.75) is 44.7 Å². The quantitative estimate of drug-likeness (QED) is 0.694. The topological polar surface area (TPSA) is 118 Å². The van der Waals surface area contributed by atoms with Gasteiger partial charge < -0.3 is 20.1 Å². The first-order valence-electron chi connectivity index (χ1n) is 9.81. The average Bonchev–Trinajstić information content (AvgIpc) is 3.38. The summed E-state index contributed by atoms with van der Waals surface area (Å²) in [5.74, 6) is -2.36. The van der Waals surface area contributed by atoms with Gasteiger partial charge in [-0.2, -0.15) is 13.2 Å². The van der Waals surface area contributed by atoms with Crippen molar-refractivity contribution in [3.05, 3.63) is 35.1 Å². The van der Waals surface area contributed by atoms with Crippen LogP contribution >= 0.6 is 11.3 Å². The summed E-state index contributed by atoms with van der Waals surface area (Å²) < 4.78 is 37.8. The molecule has 0 bridgehead atoms. The summed E-state index contributed by atoms with van der Waals surface area (Å²) in [5, 5.41) is 20.3. The number of aromatic nitrogens is 3. The maximum Gasteiger partial charge on any atom is 0.490 e. The van der Waals surface area contributed by atoms with Crippen LogP contribution in [0.25, 0.3) is 0 Å². The minimum Gasteiger partial charge on any atom is -0.475 e. The van der Waals surface area contributed by atoms with Crippen LogP contribution in [0.2, 0.25) is 0 Å². The zero-order valence-electron chi connectivity index (χ0n) is 17.1. The zero-order valence-corrected chi connectivity index (χ0v) is 17.9. The normalized spacial score (nSPS) is 22.5. The van der Waals surface area contributed by atoms with Gasteiger partial charge in [0.05, 0.1) is 18.3 Å². The van der Waals surface area contributed by atoms with E-state index in [-0.39, 0.29) is 18.1 Å². The predicted octanol–water partition coefficient (Wildman–Crippen LogP) is 2.18. The third-order valence-corrected chi connectivity index (χ3v) is 5.94. The summed E-state index contributed by atoms with van der Waals surface area (Å²) in [7, 11) is 0. The van der Waals surface area contributed by atoms with Gasteiger partial charge in [-0.15, -0.1) is 10.2 Å². The average molecular weight is 473 g/mol. The van der Waals surface area contributed by atoms with E-state index in [1.165, 1.54) is 0 Å². The maximum absolute atomic E-state index is 12.4. The van der Waals surface area contributed by atoms with E-state index >= 15 is 0 Å². The van der Waals surface area contributed by atoms with E-state index in [1.807, 2.05) is 25.1 Å². The molecule has 0 aromatic carbocycles. The molecule has 4 heterocycles. The van der Waals surface area contributed by atoms with Crippen molar-refractivity contribution in [2.24, 2.45) is 5.92 Å². The predicted molar refractivity (Wildman–Crippen MR) is 108 cm³/mol. The van der Waals surface area contributed by atoms with Crippen LogP contribution in [-0.4, -0.2) is 63.6 Å². The fourth-order valence-corrected chi connectivity index (χ4v) is 4.20. The monoisotopic (exact) mass is 473 g/mol. The molecule has 174 valence electrons. The number of amides is 1. The summed E-state index contributed by atoms with van der Waals surface area (Å²) in [5.41, 5.74) is 0.851. The SMILES string of the molecule is Cc1nnc(N2CC[C@H]3C[C@@H](C(=O)NCc4ccccn4)O[C@@H]3C2)s1.O=C(O)C(F)(F)F. The van der Waals surface area contributed by atoms with E-state index < -0.39 is 12.1 Å². The van der Waals surface area contributed by atoms with Crippen molar-refractivity contribution in [1.82, 2.24) is 20.5 Å². The molecule has 4 rings (SSSR count). The third-order valence-electron chi connectivity index (χ3n) is 5.04. The van der Waals surface area contributed by atoms with Crippen LogP contribution in [0.5, 0.6) is 0 Å². The van der Waals surface area contributed by atoms with Gasteiger partial charge in [0.25, 0.3) is 0 Å². The minimum atomic E-state index is -5.08. The number of aryl methyl sites for hydroxylation is 1. The van der Waals surface area contributed by atoms with E-state index in [9.17, 15) is 18.0 Å². The molecule has 0 saturated carbocycles. The number of pyridine rings is 1. The Bertz CT molecular complexity index is 927. The summed E-state index contributed by atoms with van der Waals surface area (Å²) in [6.45, 7) is 4.12. The Balaban J connectivity index is 0.000000360. The van der Waals surface area contributed by atoms with Crippen molar-refractivity contribution in [3.63, 3.8) is 0 Å². The summed E-state index contributed by atoms with van der Waals surface area (Å²) in [4.78, 5) is 27.8. The number of nitrogens with zero attached hydrogens (tertiary/aromatic N) is 4. The summed E-state index contributed by atoms with van der Waals surface area (Å²) in [6, 6.07) is 5.68. The van der Waals surface area contributed by atoms with E-state index in [0.29, 0.717) is 12.5 Å². The number of aliphatic carboxylic acids is 1. The molecule has 2 N–H and O–H groups in total. The maximum atomic E-state index is 12.4. The minimum absolute atomic E-state index is 0.0432. The van der Waals surface area contributed by atoms with E-state index in [1.54, 1.807) is 17.5 Å². The molecule has 2 aromatic heterocycles. The van der Waals surface area contributed by atoms with Gasteiger partial charge >= 0.3 is 12.1 Å². The van der Waals surface area contributed by atoms with Crippen molar-refractivity contribution < 1.29 is 32.6 Å². The number of nitrogens with one attached hydrogen (secondary N) is 1. The third kappa shape index (κ3) is 6.36. The number of hydrogen-bond acceptors (Lipinski definition) is 8. The van der Waals surface area contributed by atoms with E-state index in [0.717, 1.165) is 41.8 Å². The molecule has 1 amide bonds. The molecule has 0 spiro atoms. The first kappa shape index (κ1) is 23.9. The first-order chi connectivity index (χ1) is 15.1. The van der Waals surface area contributed by atoms with Gasteiger partial charge in [0.1, 0.15) is 11.1 Å². The summed E-state index contributed by atoms with van der Waals surface area (Å²) in [6.07, 6.45) is -1.82. The number of alkyl halides is 3. The van der Waals surface area contributed by atoms with Gasteiger partial charge in [-0.25, -0.2) is 4.79 Å². The molecule has 0 radical (unpaired) electrons. The first-order valence-corrected chi connectivity index (χ1v) is 10.6. The largest absolute Gasteiger partial charge is 0.490 e. The van der Waals surface area contributed by atoms with Gasteiger partial charge in [-0.1, -0.05) is 17.4 Å². The van der Waals surface area contributed by atoms with Crippen molar-refractivity contribution in [1.29, 1.82) is 0 Å². The van der Waals surface area contributed by atoms with Crippen LogP contribution in [0.1, 0.15) is 23.5 Å². The molecule has 32 heavy (non-hydrogen) atoms. The second-order valence-electron chi connectivity index (χ2n) is 7.34. The van der Waals surface area contributed by atoms with Crippen molar-refractivity contribution in [3.8, 4) is 0 Å². The van der Waals surface area contributed by atoms with Gasteiger partial charge in [0.2, 0.25) is 11.0 Å². The molecule has 0 aliphatic carbocycles. The molecule has 0 unspecified atom stereocenters. The van der Waals surface area contributed by atoms with Crippen LogP contribution < -0.4 is 10.2 Å². The lowest BCUT2D eigenvalue weighted by atomic mass is 9.92. The fraction of sp³-hybridized carbons (Fsp3) is 0.526. The van der Waals surface area contributed by atoms with Crippen LogP contribution in [0, 0.1) is 12.8 Å². The highest BCUT2D eigenvalue weighted by Crippen LogP contribution is 2.35. The Morgan fingerprint density at radius 2 is 2.09 bits per heavy atom. The Kier molecular flexibility index (Phi) is 7.61. The van der Waals surface area contributed by atoms with Crippen LogP contribution in [0.3, 0.4) is 0 Å². The van der Waals surface area contributed by atoms with Gasteiger partial charge in [-0.3, -0.25) is 9.78 Å². The molecule has 2 fully saturated rings. The smallest absolute Gasteiger partial charge is 0.475 e. The number of halogens is 3. The van der Waals surface area contributed by atoms with Gasteiger partial charge in [-0.05, 0) is 37.8 Å². The number of carbonyl (C=O) groups excluding carboxylic acids is 1. The Morgan fingerprint density at radius 3 is 2.69 bits per heavy atom. The Labute approximate surface area is 185 Å². The molecule has 2 aromatic rings. The lowest BCUT2D eigenvalue weighted by Crippen LogP contribution is -2.42. The van der Waals surface area contributed by atoms with Crippen molar-refractivity contribution in [2.75, 3.05) is 18.0 Å². The molecular weight excluding hydrogens is 451 g/mol. The number of ether oxygens (including phenoxy) is 1. The number of carbonyl (C=O) groups is 2. The van der Waals surface area contributed by atoms with Gasteiger partial charge in [0.15, 0.2) is 0 Å². The standard InChI is InChI=1S/C17H21N5O2S.C2HF3O2/c1-11-20-21-17(25-11)22-7-5-12-8-14(24-15(12)10-22)16(23)19-9-13-4-2-3-6-18-13;3-2(4,5)1(6)7/h2-4,6,12,14-15H,5,7-10H2,1H3,(H,19,23);(H,6,7)/t12-,14-,15+;/m0./s1. The lowest BCUT2D eigenvalue weighted by molar-refractivity contribution is -0.192. The lowest BCUT2D eigenvalue weighted by Gasteiger charge is -2.33. The molecule has 2 saturated heterocycles. The zero-order chi connectivity index (χ0) is 23.3. The molecule has 9 nitrogen and oxygen atoms in total. The number of carboxylic acids is 1. The fourth-order valence-electron chi connectivity index (χ4n) is 3.48. The van der Waals surface area contributed by atoms with Gasteiger partial charge in [0, 0.05) is 19.3 Å². The molecular formula is C19H22F3N5O4S. The molecule has 2 aliphatic rings. The number of rotatable bonds is 4. The van der Waals surface area contributed by atoms with Crippen LogP contribution in [0.4, 0.5) is 18.3 Å².